The molecule has 0 N–H and O–H groups in total. The fourth-order valence-electron chi connectivity index (χ4n) is 7.81. The lowest BCUT2D eigenvalue weighted by Crippen LogP contribution is -2.30. The number of esters is 3. The van der Waals surface area contributed by atoms with E-state index in [9.17, 15) is 14.4 Å². The number of carbonyl (C=O) groups excluding carboxylic acids is 3. The van der Waals surface area contributed by atoms with Crippen LogP contribution in [0.3, 0.4) is 0 Å². The molecule has 0 radical (unpaired) electrons. The molecule has 0 aliphatic rings. The highest BCUT2D eigenvalue weighted by molar-refractivity contribution is 5.71. The fraction of sp³-hybridized carbons (Fsp3) is 0.726. The van der Waals surface area contributed by atoms with E-state index >= 15 is 0 Å². The molecule has 0 saturated heterocycles. The van der Waals surface area contributed by atoms with Gasteiger partial charge in [-0.1, -0.05) is 221 Å². The molecular formula is C62H106O6. The molecule has 0 aliphatic heterocycles. The van der Waals surface area contributed by atoms with E-state index in [0.29, 0.717) is 19.3 Å². The summed E-state index contributed by atoms with van der Waals surface area (Å²) in [5, 5.41) is 0. The summed E-state index contributed by atoms with van der Waals surface area (Å²) in [7, 11) is 0. The second-order valence-electron chi connectivity index (χ2n) is 18.8. The largest absolute Gasteiger partial charge is 0.462 e. The van der Waals surface area contributed by atoms with Gasteiger partial charge in [-0.05, 0) is 116 Å². The fourth-order valence-corrected chi connectivity index (χ4v) is 7.81. The third-order valence-corrected chi connectivity index (χ3v) is 12.1. The van der Waals surface area contributed by atoms with Crippen LogP contribution in [-0.2, 0) is 28.6 Å². The van der Waals surface area contributed by atoms with Crippen molar-refractivity contribution in [1.29, 1.82) is 0 Å². The molecule has 6 nitrogen and oxygen atoms in total. The molecule has 0 amide bonds. The molecule has 0 spiro atoms. The van der Waals surface area contributed by atoms with Gasteiger partial charge >= 0.3 is 17.9 Å². The quantitative estimate of drug-likeness (QED) is 0.0262. The third kappa shape index (κ3) is 53.5. The molecular weight excluding hydrogens is 841 g/mol. The van der Waals surface area contributed by atoms with Crippen LogP contribution >= 0.6 is 0 Å². The summed E-state index contributed by atoms with van der Waals surface area (Å²) in [5.41, 5.74) is 0. The van der Waals surface area contributed by atoms with Crippen LogP contribution in [0.25, 0.3) is 0 Å². The van der Waals surface area contributed by atoms with Crippen molar-refractivity contribution >= 4 is 17.9 Å². The first-order valence-corrected chi connectivity index (χ1v) is 28.6. The highest BCUT2D eigenvalue weighted by atomic mass is 16.6. The molecule has 0 aromatic carbocycles. The minimum atomic E-state index is -0.794. The Morgan fingerprint density at radius 2 is 0.574 bits per heavy atom. The summed E-state index contributed by atoms with van der Waals surface area (Å²) < 4.78 is 16.8. The molecule has 0 bridgehead atoms. The predicted octanol–water partition coefficient (Wildman–Crippen LogP) is 19.2. The van der Waals surface area contributed by atoms with E-state index in [0.717, 1.165) is 122 Å². The second-order valence-corrected chi connectivity index (χ2v) is 18.8. The number of unbranched alkanes of at least 4 members (excludes halogenated alkanes) is 26. The van der Waals surface area contributed by atoms with Gasteiger partial charge in [0.05, 0.1) is 0 Å². The van der Waals surface area contributed by atoms with Crippen LogP contribution in [0.1, 0.15) is 271 Å². The van der Waals surface area contributed by atoms with Crippen LogP contribution in [0, 0.1) is 0 Å². The Kier molecular flexibility index (Phi) is 53.4. The Morgan fingerprint density at radius 3 is 0.956 bits per heavy atom. The smallest absolute Gasteiger partial charge is 0.306 e. The molecule has 0 aromatic rings. The van der Waals surface area contributed by atoms with Crippen molar-refractivity contribution in [2.75, 3.05) is 13.2 Å². The van der Waals surface area contributed by atoms with Gasteiger partial charge in [0.15, 0.2) is 6.10 Å². The van der Waals surface area contributed by atoms with Gasteiger partial charge in [0, 0.05) is 19.3 Å². The van der Waals surface area contributed by atoms with Crippen LogP contribution in [0.2, 0.25) is 0 Å². The molecule has 0 saturated carbocycles. The highest BCUT2D eigenvalue weighted by Crippen LogP contribution is 2.14. The van der Waals surface area contributed by atoms with Gasteiger partial charge in [0.2, 0.25) is 0 Å². The van der Waals surface area contributed by atoms with E-state index in [-0.39, 0.29) is 31.1 Å². The SMILES string of the molecule is CC/C=C\C/C=C\C/C=C\C/C=C\CCCCCCCCC(=O)OCC(COC(=O)CCCCC/C=C\CCCCCCCCC)OC(=O)CCCCCCCCC/C=C\C/C=C\CCCCC. The molecule has 1 atom stereocenters. The van der Waals surface area contributed by atoms with Gasteiger partial charge in [-0.2, -0.15) is 0 Å². The Bertz CT molecular complexity index is 1320. The summed E-state index contributed by atoms with van der Waals surface area (Å²) in [6.45, 7) is 6.48. The van der Waals surface area contributed by atoms with Crippen LogP contribution in [0.5, 0.6) is 0 Å². The minimum absolute atomic E-state index is 0.0920. The van der Waals surface area contributed by atoms with Crippen molar-refractivity contribution in [3.63, 3.8) is 0 Å². The number of allylic oxidation sites excluding steroid dienone is 14. The van der Waals surface area contributed by atoms with Crippen molar-refractivity contribution in [2.24, 2.45) is 0 Å². The maximum absolute atomic E-state index is 12.9. The normalized spacial score (nSPS) is 12.7. The molecule has 6 heteroatoms. The van der Waals surface area contributed by atoms with Crippen molar-refractivity contribution in [2.45, 2.75) is 277 Å². The lowest BCUT2D eigenvalue weighted by molar-refractivity contribution is -0.167. The second kappa shape index (κ2) is 56.2. The van der Waals surface area contributed by atoms with Crippen molar-refractivity contribution in [3.8, 4) is 0 Å². The zero-order chi connectivity index (χ0) is 49.3. The van der Waals surface area contributed by atoms with E-state index in [4.69, 9.17) is 14.2 Å². The van der Waals surface area contributed by atoms with Crippen LogP contribution in [-0.4, -0.2) is 37.2 Å². The molecule has 0 fully saturated rings. The topological polar surface area (TPSA) is 78.9 Å². The number of ether oxygens (including phenoxy) is 3. The van der Waals surface area contributed by atoms with E-state index in [1.165, 1.54) is 109 Å². The molecule has 0 heterocycles. The maximum atomic E-state index is 12.9. The zero-order valence-electron chi connectivity index (χ0n) is 44.6. The predicted molar refractivity (Wildman–Crippen MR) is 293 cm³/mol. The number of carbonyl (C=O) groups is 3. The molecule has 1 unspecified atom stereocenters. The molecule has 68 heavy (non-hydrogen) atoms. The first-order valence-electron chi connectivity index (χ1n) is 28.6. The lowest BCUT2D eigenvalue weighted by Gasteiger charge is -2.18. The minimum Gasteiger partial charge on any atom is -0.462 e. The van der Waals surface area contributed by atoms with E-state index in [1.807, 2.05) is 0 Å². The number of hydrogen-bond acceptors (Lipinski definition) is 6. The molecule has 0 aliphatic carbocycles. The molecule has 390 valence electrons. The Hall–Kier alpha value is -3.41. The van der Waals surface area contributed by atoms with Crippen molar-refractivity contribution < 1.29 is 28.6 Å². The van der Waals surface area contributed by atoms with Crippen LogP contribution in [0.15, 0.2) is 85.1 Å². The highest BCUT2D eigenvalue weighted by Gasteiger charge is 2.19. The monoisotopic (exact) mass is 947 g/mol. The standard InChI is InChI=1S/C62H106O6/c1-4-7-10-13-16-19-22-25-28-30-31-33-34-37-40-43-46-49-52-55-61(64)67-58-59(57-66-60(63)54-51-48-45-42-39-36-27-24-21-18-15-12-9-6-3)68-62(65)56-53-50-47-44-41-38-35-32-29-26-23-20-17-14-11-8-5-2/h7,10,16-17,19-20,25-26,28-29,31,33,36,39,59H,4-6,8-9,11-15,18,21-24,27,30,32,34-35,37-38,40-58H2,1-3H3/b10-7-,19-16-,20-17-,28-25-,29-26-,33-31-,39-36-. The first-order chi connectivity index (χ1) is 33.5. The zero-order valence-corrected chi connectivity index (χ0v) is 44.6. The van der Waals surface area contributed by atoms with Crippen molar-refractivity contribution in [1.82, 2.24) is 0 Å². The number of hydrogen-bond donors (Lipinski definition) is 0. The Balaban J connectivity index is 4.43. The van der Waals surface area contributed by atoms with E-state index in [1.54, 1.807) is 0 Å². The van der Waals surface area contributed by atoms with Gasteiger partial charge < -0.3 is 14.2 Å². The lowest BCUT2D eigenvalue weighted by atomic mass is 10.1. The Morgan fingerprint density at radius 1 is 0.309 bits per heavy atom. The summed E-state index contributed by atoms with van der Waals surface area (Å²) in [6, 6.07) is 0. The first kappa shape index (κ1) is 64.6. The maximum Gasteiger partial charge on any atom is 0.306 e. The van der Waals surface area contributed by atoms with Crippen LogP contribution in [0.4, 0.5) is 0 Å². The van der Waals surface area contributed by atoms with Gasteiger partial charge in [-0.3, -0.25) is 14.4 Å². The van der Waals surface area contributed by atoms with E-state index in [2.05, 4.69) is 106 Å². The Labute approximate surface area is 420 Å². The summed E-state index contributed by atoms with van der Waals surface area (Å²) in [6.07, 6.45) is 72.8. The summed E-state index contributed by atoms with van der Waals surface area (Å²) >= 11 is 0. The molecule has 0 aromatic heterocycles. The third-order valence-electron chi connectivity index (χ3n) is 12.1. The van der Waals surface area contributed by atoms with Crippen LogP contribution < -0.4 is 0 Å². The van der Waals surface area contributed by atoms with Crippen molar-refractivity contribution in [3.05, 3.63) is 85.1 Å². The van der Waals surface area contributed by atoms with E-state index < -0.39 is 6.10 Å². The van der Waals surface area contributed by atoms with Gasteiger partial charge in [0.25, 0.3) is 0 Å². The molecule has 0 rings (SSSR count). The number of rotatable bonds is 51. The average Bonchev–Trinajstić information content (AvgIpc) is 3.34. The summed E-state index contributed by atoms with van der Waals surface area (Å²) in [5.74, 6) is -0.923. The average molecular weight is 948 g/mol. The summed E-state index contributed by atoms with van der Waals surface area (Å²) in [4.78, 5) is 38.1. The van der Waals surface area contributed by atoms with Gasteiger partial charge in [-0.15, -0.1) is 0 Å². The van der Waals surface area contributed by atoms with Gasteiger partial charge in [0.1, 0.15) is 13.2 Å². The van der Waals surface area contributed by atoms with Gasteiger partial charge in [-0.25, -0.2) is 0 Å².